The lowest BCUT2D eigenvalue weighted by atomic mass is 10.2. The first kappa shape index (κ1) is 14.5. The van der Waals surface area contributed by atoms with Gasteiger partial charge in [-0.05, 0) is 36.9 Å². The maximum atomic E-state index is 12.0. The molecule has 0 fully saturated rings. The van der Waals surface area contributed by atoms with Gasteiger partial charge in [0.2, 0.25) is 0 Å². The summed E-state index contributed by atoms with van der Waals surface area (Å²) in [6.45, 7) is 1.05. The Morgan fingerprint density at radius 2 is 2.05 bits per heavy atom. The van der Waals surface area contributed by atoms with Crippen LogP contribution in [0.15, 0.2) is 36.4 Å². The highest BCUT2D eigenvalue weighted by atomic mass is 35.5. The lowest BCUT2D eigenvalue weighted by molar-refractivity contribution is 0.0947. The van der Waals surface area contributed by atoms with E-state index in [9.17, 15) is 4.79 Å². The summed E-state index contributed by atoms with van der Waals surface area (Å²) in [5.74, 6) is 0.0847. The number of benzene rings is 1. The molecule has 0 atom stereocenters. The number of rotatable bonds is 5. The van der Waals surface area contributed by atoms with E-state index in [1.54, 1.807) is 12.1 Å². The van der Waals surface area contributed by atoms with Crippen LogP contribution in [-0.4, -0.2) is 24.3 Å². The average Bonchev–Trinajstić information content (AvgIpc) is 2.75. The van der Waals surface area contributed by atoms with E-state index in [-0.39, 0.29) is 5.78 Å². The van der Waals surface area contributed by atoms with Crippen molar-refractivity contribution >= 4 is 40.3 Å². The quantitative estimate of drug-likeness (QED) is 0.764. The van der Waals surface area contributed by atoms with Crippen LogP contribution in [0.2, 0.25) is 9.36 Å². The summed E-state index contributed by atoms with van der Waals surface area (Å²) in [7, 11) is 1.91. The summed E-state index contributed by atoms with van der Waals surface area (Å²) in [6.07, 6.45) is 0. The van der Waals surface area contributed by atoms with Gasteiger partial charge in [-0.15, -0.1) is 11.3 Å². The maximum Gasteiger partial charge on any atom is 0.186 e. The molecule has 1 aromatic heterocycles. The predicted octanol–water partition coefficient (Wildman–Crippen LogP) is 4.37. The summed E-state index contributed by atoms with van der Waals surface area (Å²) in [4.78, 5) is 14.7. The number of ketones is 1. The van der Waals surface area contributed by atoms with Crippen LogP contribution in [0.25, 0.3) is 0 Å². The Kier molecular flexibility index (Phi) is 4.99. The number of hydrogen-bond acceptors (Lipinski definition) is 3. The van der Waals surface area contributed by atoms with Crippen LogP contribution in [0.4, 0.5) is 0 Å². The van der Waals surface area contributed by atoms with Crippen molar-refractivity contribution in [3.05, 3.63) is 56.2 Å². The number of nitrogens with zero attached hydrogens (tertiary/aromatic N) is 1. The number of carbonyl (C=O) groups excluding carboxylic acids is 1. The van der Waals surface area contributed by atoms with Gasteiger partial charge < -0.3 is 0 Å². The van der Waals surface area contributed by atoms with Crippen molar-refractivity contribution in [3.8, 4) is 0 Å². The Morgan fingerprint density at radius 1 is 1.26 bits per heavy atom. The third-order valence-electron chi connectivity index (χ3n) is 2.60. The molecule has 0 N–H and O–H groups in total. The van der Waals surface area contributed by atoms with Gasteiger partial charge in [0.05, 0.1) is 15.8 Å². The van der Waals surface area contributed by atoms with Crippen molar-refractivity contribution in [2.75, 3.05) is 13.6 Å². The number of Topliss-reactive ketones (excluding diaryl/α,β-unsaturated/α-hetero) is 1. The molecule has 19 heavy (non-hydrogen) atoms. The SMILES string of the molecule is CN(CC(=O)c1ccc(Cl)s1)Cc1cccc(Cl)c1. The molecule has 0 aliphatic heterocycles. The van der Waals surface area contributed by atoms with E-state index in [1.165, 1.54) is 11.3 Å². The first-order chi connectivity index (χ1) is 9.04. The second-order valence-electron chi connectivity index (χ2n) is 4.33. The zero-order chi connectivity index (χ0) is 13.8. The molecule has 0 radical (unpaired) electrons. The highest BCUT2D eigenvalue weighted by Gasteiger charge is 2.12. The third kappa shape index (κ3) is 4.32. The van der Waals surface area contributed by atoms with Gasteiger partial charge >= 0.3 is 0 Å². The normalized spacial score (nSPS) is 10.9. The van der Waals surface area contributed by atoms with Crippen molar-refractivity contribution in [1.82, 2.24) is 4.90 Å². The minimum atomic E-state index is 0.0847. The highest BCUT2D eigenvalue weighted by molar-refractivity contribution is 7.18. The van der Waals surface area contributed by atoms with Crippen LogP contribution in [0.3, 0.4) is 0 Å². The Bertz CT molecular complexity index is 582. The first-order valence-electron chi connectivity index (χ1n) is 5.76. The Morgan fingerprint density at radius 3 is 2.68 bits per heavy atom. The second-order valence-corrected chi connectivity index (χ2v) is 6.48. The summed E-state index contributed by atoms with van der Waals surface area (Å²) in [5.41, 5.74) is 1.09. The molecule has 0 bridgehead atoms. The molecular formula is C14H13Cl2NOS. The van der Waals surface area contributed by atoms with E-state index >= 15 is 0 Å². The van der Waals surface area contributed by atoms with E-state index < -0.39 is 0 Å². The average molecular weight is 314 g/mol. The number of thiophene rings is 1. The van der Waals surface area contributed by atoms with E-state index in [0.717, 1.165) is 5.56 Å². The molecule has 0 amide bonds. The number of halogens is 2. The predicted molar refractivity (Wildman–Crippen MR) is 81.4 cm³/mol. The van der Waals surface area contributed by atoms with Gasteiger partial charge in [-0.1, -0.05) is 35.3 Å². The standard InChI is InChI=1S/C14H13Cl2NOS/c1-17(8-10-3-2-4-11(15)7-10)9-12(18)13-5-6-14(16)19-13/h2-7H,8-9H2,1H3. The fraction of sp³-hybridized carbons (Fsp3) is 0.214. The Balaban J connectivity index is 1.94. The fourth-order valence-corrected chi connectivity index (χ4v) is 2.98. The molecule has 2 aromatic rings. The lowest BCUT2D eigenvalue weighted by Gasteiger charge is -2.15. The molecular weight excluding hydrogens is 301 g/mol. The first-order valence-corrected chi connectivity index (χ1v) is 7.33. The second kappa shape index (κ2) is 6.53. The molecule has 0 saturated heterocycles. The van der Waals surface area contributed by atoms with Crippen LogP contribution in [0.1, 0.15) is 15.2 Å². The molecule has 2 rings (SSSR count). The zero-order valence-electron chi connectivity index (χ0n) is 10.4. The van der Waals surface area contributed by atoms with Crippen molar-refractivity contribution < 1.29 is 4.79 Å². The van der Waals surface area contributed by atoms with E-state index in [2.05, 4.69) is 0 Å². The van der Waals surface area contributed by atoms with Gasteiger partial charge in [0.15, 0.2) is 5.78 Å². The topological polar surface area (TPSA) is 20.3 Å². The molecule has 1 heterocycles. The Labute approximate surface area is 126 Å². The molecule has 1 aromatic carbocycles. The maximum absolute atomic E-state index is 12.0. The van der Waals surface area contributed by atoms with Crippen molar-refractivity contribution in [1.29, 1.82) is 0 Å². The van der Waals surface area contributed by atoms with Crippen LogP contribution in [0.5, 0.6) is 0 Å². The minimum Gasteiger partial charge on any atom is -0.295 e. The summed E-state index contributed by atoms with van der Waals surface area (Å²) >= 11 is 13.1. The summed E-state index contributed by atoms with van der Waals surface area (Å²) in [5, 5.41) is 0.710. The zero-order valence-corrected chi connectivity index (χ0v) is 12.7. The largest absolute Gasteiger partial charge is 0.295 e. The highest BCUT2D eigenvalue weighted by Crippen LogP contribution is 2.22. The smallest absolute Gasteiger partial charge is 0.186 e. The molecule has 0 aliphatic rings. The van der Waals surface area contributed by atoms with E-state index in [4.69, 9.17) is 23.2 Å². The Hall–Kier alpha value is -0.870. The molecule has 2 nitrogen and oxygen atoms in total. The van der Waals surface area contributed by atoms with Crippen molar-refractivity contribution in [2.24, 2.45) is 0 Å². The molecule has 0 unspecified atom stereocenters. The molecule has 0 spiro atoms. The number of carbonyl (C=O) groups is 1. The van der Waals surface area contributed by atoms with Gasteiger partial charge in [0, 0.05) is 11.6 Å². The third-order valence-corrected chi connectivity index (χ3v) is 4.11. The van der Waals surface area contributed by atoms with Crippen LogP contribution in [0, 0.1) is 0 Å². The summed E-state index contributed by atoms with van der Waals surface area (Å²) < 4.78 is 0.640. The molecule has 100 valence electrons. The van der Waals surface area contributed by atoms with Crippen LogP contribution < -0.4 is 0 Å². The van der Waals surface area contributed by atoms with Crippen molar-refractivity contribution in [3.63, 3.8) is 0 Å². The van der Waals surface area contributed by atoms with Crippen molar-refractivity contribution in [2.45, 2.75) is 6.54 Å². The van der Waals surface area contributed by atoms with Gasteiger partial charge in [0.25, 0.3) is 0 Å². The van der Waals surface area contributed by atoms with Gasteiger partial charge in [-0.3, -0.25) is 9.69 Å². The minimum absolute atomic E-state index is 0.0847. The van der Waals surface area contributed by atoms with Crippen LogP contribution in [-0.2, 0) is 6.54 Å². The number of likely N-dealkylation sites (N-methyl/N-ethyl adjacent to an activating group) is 1. The molecule has 0 saturated carbocycles. The van der Waals surface area contributed by atoms with E-state index in [0.29, 0.717) is 27.3 Å². The monoisotopic (exact) mass is 313 g/mol. The number of hydrogen-bond donors (Lipinski definition) is 0. The summed E-state index contributed by atoms with van der Waals surface area (Å²) in [6, 6.07) is 11.2. The van der Waals surface area contributed by atoms with Gasteiger partial charge in [-0.2, -0.15) is 0 Å². The van der Waals surface area contributed by atoms with Gasteiger partial charge in [-0.25, -0.2) is 0 Å². The lowest BCUT2D eigenvalue weighted by Crippen LogP contribution is -2.25. The molecule has 5 heteroatoms. The molecule has 0 aliphatic carbocycles. The van der Waals surface area contributed by atoms with Crippen LogP contribution >= 0.6 is 34.5 Å². The van der Waals surface area contributed by atoms with E-state index in [1.807, 2.05) is 36.2 Å². The fourth-order valence-electron chi connectivity index (χ4n) is 1.79. The van der Waals surface area contributed by atoms with Gasteiger partial charge in [0.1, 0.15) is 0 Å².